The van der Waals surface area contributed by atoms with Gasteiger partial charge in [0.2, 0.25) is 5.91 Å². The smallest absolute Gasteiger partial charge is 0.306 e. The Bertz CT molecular complexity index is 992. The Morgan fingerprint density at radius 2 is 1.63 bits per heavy atom. The molecule has 9 heteroatoms. The van der Waals surface area contributed by atoms with E-state index in [9.17, 15) is 22.4 Å². The first-order valence-corrected chi connectivity index (χ1v) is 13.3. The molecule has 0 heterocycles. The molecule has 1 aromatic carbocycles. The van der Waals surface area contributed by atoms with Crippen molar-refractivity contribution in [3.63, 3.8) is 0 Å². The zero-order valence-corrected chi connectivity index (χ0v) is 23.0. The maximum Gasteiger partial charge on any atom is 0.306 e. The molecule has 0 aliphatic heterocycles. The average Bonchev–Trinajstić information content (AvgIpc) is 2.71. The van der Waals surface area contributed by atoms with Crippen LogP contribution in [0.1, 0.15) is 61.3 Å². The van der Waals surface area contributed by atoms with Gasteiger partial charge in [-0.2, -0.15) is 0 Å². The summed E-state index contributed by atoms with van der Waals surface area (Å²) in [6.07, 6.45) is 0.592. The number of nitrogens with zero attached hydrogens (tertiary/aromatic N) is 1. The van der Waals surface area contributed by atoms with Crippen LogP contribution >= 0.6 is 0 Å². The second-order valence-corrected chi connectivity index (χ2v) is 12.9. The molecule has 198 valence electrons. The second-order valence-electron chi connectivity index (χ2n) is 10.9. The summed E-state index contributed by atoms with van der Waals surface area (Å²) in [5, 5.41) is 0. The van der Waals surface area contributed by atoms with E-state index in [2.05, 4.69) is 0 Å². The van der Waals surface area contributed by atoms with Crippen LogP contribution in [0.15, 0.2) is 41.1 Å². The summed E-state index contributed by atoms with van der Waals surface area (Å²) < 4.78 is 49.9. The van der Waals surface area contributed by atoms with Crippen LogP contribution in [0.5, 0.6) is 5.75 Å². The zero-order chi connectivity index (χ0) is 27.0. The van der Waals surface area contributed by atoms with Crippen LogP contribution in [0, 0.1) is 11.3 Å². The minimum absolute atomic E-state index is 0.0291. The van der Waals surface area contributed by atoms with Gasteiger partial charge in [-0.25, -0.2) is 12.8 Å². The number of rotatable bonds is 12. The summed E-state index contributed by atoms with van der Waals surface area (Å²) in [5.74, 6) is -0.374. The highest BCUT2D eigenvalue weighted by Gasteiger charge is 2.30. The normalized spacial score (nSPS) is 13.0. The van der Waals surface area contributed by atoms with E-state index in [1.165, 1.54) is 24.3 Å². The second kappa shape index (κ2) is 12.5. The van der Waals surface area contributed by atoms with Crippen LogP contribution in [0.25, 0.3) is 0 Å². The predicted molar refractivity (Wildman–Crippen MR) is 135 cm³/mol. The lowest BCUT2D eigenvalue weighted by Crippen LogP contribution is -2.41. The van der Waals surface area contributed by atoms with Gasteiger partial charge in [-0.1, -0.05) is 27.7 Å². The molecule has 0 aromatic heterocycles. The average molecular weight is 514 g/mol. The van der Waals surface area contributed by atoms with Gasteiger partial charge in [0.15, 0.2) is 9.84 Å². The standard InChI is InChI=1S/C26H40FNO6S/c1-19(2)24(30)28(8)17-26(6,7)18-35(31,32)22-12-10-21(11-13-22)33-16-20(15-27)9-14-23(29)34-25(3,4)5/h10-13,15,19H,9,14,16-18H2,1-8H3/b20-15+. The number of esters is 1. The van der Waals surface area contributed by atoms with E-state index in [-0.39, 0.29) is 47.5 Å². The fraction of sp³-hybridized carbons (Fsp3) is 0.615. The van der Waals surface area contributed by atoms with Crippen LogP contribution in [0.2, 0.25) is 0 Å². The van der Waals surface area contributed by atoms with Crippen molar-refractivity contribution in [2.24, 2.45) is 11.3 Å². The van der Waals surface area contributed by atoms with Gasteiger partial charge >= 0.3 is 5.97 Å². The minimum Gasteiger partial charge on any atom is -0.489 e. The van der Waals surface area contributed by atoms with E-state index < -0.39 is 26.8 Å². The van der Waals surface area contributed by atoms with Crippen molar-refractivity contribution in [2.45, 2.75) is 71.8 Å². The lowest BCUT2D eigenvalue weighted by molar-refractivity contribution is -0.154. The van der Waals surface area contributed by atoms with Gasteiger partial charge in [0.25, 0.3) is 0 Å². The lowest BCUT2D eigenvalue weighted by Gasteiger charge is -2.31. The van der Waals surface area contributed by atoms with Crippen LogP contribution in [0.3, 0.4) is 0 Å². The Labute approximate surface area is 209 Å². The molecule has 0 saturated heterocycles. The Morgan fingerprint density at radius 1 is 1.06 bits per heavy atom. The van der Waals surface area contributed by atoms with Gasteiger partial charge < -0.3 is 14.4 Å². The zero-order valence-electron chi connectivity index (χ0n) is 22.2. The molecule has 35 heavy (non-hydrogen) atoms. The molecule has 0 saturated carbocycles. The first-order chi connectivity index (χ1) is 16.0. The van der Waals surface area contributed by atoms with Crippen molar-refractivity contribution >= 4 is 21.7 Å². The topological polar surface area (TPSA) is 90.0 Å². The quantitative estimate of drug-likeness (QED) is 0.367. The van der Waals surface area contributed by atoms with E-state index in [0.29, 0.717) is 18.6 Å². The summed E-state index contributed by atoms with van der Waals surface area (Å²) >= 11 is 0. The Balaban J connectivity index is 2.71. The SMILES string of the molecule is CC(C)C(=O)N(C)CC(C)(C)CS(=O)(=O)c1ccc(OC/C(=C/F)CCC(=O)OC(C)(C)C)cc1. The summed E-state index contributed by atoms with van der Waals surface area (Å²) in [7, 11) is -1.93. The molecule has 1 amide bonds. The predicted octanol–water partition coefficient (Wildman–Crippen LogP) is 4.96. The van der Waals surface area contributed by atoms with E-state index >= 15 is 0 Å². The fourth-order valence-corrected chi connectivity index (χ4v) is 5.37. The Hall–Kier alpha value is -2.42. The number of carbonyl (C=O) groups is 2. The summed E-state index contributed by atoms with van der Waals surface area (Å²) in [5.41, 5.74) is -0.969. The molecule has 7 nitrogen and oxygen atoms in total. The van der Waals surface area contributed by atoms with E-state index in [4.69, 9.17) is 9.47 Å². The number of halogens is 1. The van der Waals surface area contributed by atoms with Crippen LogP contribution in [-0.2, 0) is 24.2 Å². The number of hydrogen-bond acceptors (Lipinski definition) is 6. The molecule has 0 bridgehead atoms. The van der Waals surface area contributed by atoms with Gasteiger partial charge in [-0.3, -0.25) is 9.59 Å². The van der Waals surface area contributed by atoms with Crippen molar-refractivity contribution in [3.8, 4) is 5.75 Å². The Morgan fingerprint density at radius 3 is 2.11 bits per heavy atom. The molecule has 0 unspecified atom stereocenters. The number of carbonyl (C=O) groups excluding carboxylic acids is 2. The largest absolute Gasteiger partial charge is 0.489 e. The van der Waals surface area contributed by atoms with Gasteiger partial charge in [0, 0.05) is 25.9 Å². The molecule has 1 rings (SSSR count). The highest BCUT2D eigenvalue weighted by Crippen LogP contribution is 2.26. The van der Waals surface area contributed by atoms with Gasteiger partial charge in [-0.15, -0.1) is 0 Å². The van der Waals surface area contributed by atoms with Crippen LogP contribution in [-0.4, -0.2) is 56.7 Å². The number of hydrogen-bond donors (Lipinski definition) is 0. The van der Waals surface area contributed by atoms with Crippen molar-refractivity contribution in [1.82, 2.24) is 4.90 Å². The third kappa shape index (κ3) is 11.2. The molecule has 0 atom stereocenters. The maximum atomic E-state index is 13.2. The highest BCUT2D eigenvalue weighted by molar-refractivity contribution is 7.91. The van der Waals surface area contributed by atoms with E-state index in [0.717, 1.165) is 0 Å². The third-order valence-electron chi connectivity index (χ3n) is 4.95. The molecule has 0 fully saturated rings. The number of amides is 1. The van der Waals surface area contributed by atoms with Crippen LogP contribution in [0.4, 0.5) is 4.39 Å². The summed E-state index contributed by atoms with van der Waals surface area (Å²) in [6, 6.07) is 5.92. The molecule has 0 spiro atoms. The van der Waals surface area contributed by atoms with Gasteiger partial charge in [0.05, 0.1) is 17.0 Å². The molecule has 0 aliphatic rings. The molecule has 0 aliphatic carbocycles. The van der Waals surface area contributed by atoms with E-state index in [1.807, 2.05) is 13.8 Å². The summed E-state index contributed by atoms with van der Waals surface area (Å²) in [4.78, 5) is 25.7. The molecule has 0 radical (unpaired) electrons. The molecule has 1 aromatic rings. The Kier molecular flexibility index (Phi) is 10.9. The monoisotopic (exact) mass is 513 g/mol. The maximum absolute atomic E-state index is 13.2. The summed E-state index contributed by atoms with van der Waals surface area (Å²) in [6.45, 7) is 12.8. The van der Waals surface area contributed by atoms with Crippen molar-refractivity contribution in [2.75, 3.05) is 26.0 Å². The minimum atomic E-state index is -3.61. The lowest BCUT2D eigenvalue weighted by atomic mass is 9.95. The first-order valence-electron chi connectivity index (χ1n) is 11.7. The third-order valence-corrected chi connectivity index (χ3v) is 7.10. The van der Waals surface area contributed by atoms with Crippen molar-refractivity contribution in [1.29, 1.82) is 0 Å². The van der Waals surface area contributed by atoms with Crippen molar-refractivity contribution in [3.05, 3.63) is 36.2 Å². The number of ether oxygens (including phenoxy) is 2. The number of benzene rings is 1. The fourth-order valence-electron chi connectivity index (χ4n) is 3.54. The molecular formula is C26H40FNO6S. The first kappa shape index (κ1) is 30.6. The van der Waals surface area contributed by atoms with Crippen molar-refractivity contribution < 1.29 is 31.9 Å². The van der Waals surface area contributed by atoms with E-state index in [1.54, 1.807) is 46.6 Å². The van der Waals surface area contributed by atoms with Gasteiger partial charge in [-0.05, 0) is 62.4 Å². The van der Waals surface area contributed by atoms with Crippen LogP contribution < -0.4 is 4.74 Å². The molecular weight excluding hydrogens is 473 g/mol. The van der Waals surface area contributed by atoms with Gasteiger partial charge in [0.1, 0.15) is 18.0 Å². The highest BCUT2D eigenvalue weighted by atomic mass is 32.2. The molecule has 0 N–H and O–H groups in total. The number of sulfone groups is 1.